The molecule has 1 atom stereocenters. The van der Waals surface area contributed by atoms with Gasteiger partial charge in [0.05, 0.1) is 13.2 Å². The topological polar surface area (TPSA) is 67.4 Å². The van der Waals surface area contributed by atoms with E-state index in [-0.39, 0.29) is 24.5 Å². The summed E-state index contributed by atoms with van der Waals surface area (Å²) >= 11 is 0. The average Bonchev–Trinajstić information content (AvgIpc) is 2.32. The first-order valence-corrected chi connectivity index (χ1v) is 6.32. The molecule has 0 fully saturated rings. The Morgan fingerprint density at radius 2 is 1.88 bits per heavy atom. The fourth-order valence-electron chi connectivity index (χ4n) is 1.38. The molecule has 0 bridgehead atoms. The minimum absolute atomic E-state index is 0.0859. The molecule has 0 aromatic heterocycles. The molecule has 5 nitrogen and oxygen atoms in total. The lowest BCUT2D eigenvalue weighted by atomic mass is 10.1. The van der Waals surface area contributed by atoms with Crippen molar-refractivity contribution in [2.24, 2.45) is 0 Å². The van der Waals surface area contributed by atoms with Crippen LogP contribution in [0.15, 0.2) is 0 Å². The van der Waals surface area contributed by atoms with Crippen molar-refractivity contribution in [1.82, 2.24) is 10.6 Å². The largest absolute Gasteiger partial charge is 0.465 e. The van der Waals surface area contributed by atoms with Gasteiger partial charge in [0.15, 0.2) is 0 Å². The molecule has 0 aliphatic rings. The molecule has 0 aliphatic carbocycles. The van der Waals surface area contributed by atoms with Crippen LogP contribution in [0.1, 0.15) is 40.0 Å². The van der Waals surface area contributed by atoms with Crippen LogP contribution in [0.4, 0.5) is 0 Å². The Morgan fingerprint density at radius 3 is 2.41 bits per heavy atom. The predicted octanol–water partition coefficient (Wildman–Crippen LogP) is 0.834. The van der Waals surface area contributed by atoms with E-state index in [1.165, 1.54) is 0 Å². The average molecular weight is 244 g/mol. The molecule has 0 rings (SSSR count). The first-order chi connectivity index (χ1) is 8.15. The highest BCUT2D eigenvalue weighted by molar-refractivity contribution is 5.80. The van der Waals surface area contributed by atoms with Gasteiger partial charge in [0.2, 0.25) is 5.91 Å². The van der Waals surface area contributed by atoms with Gasteiger partial charge in [0.1, 0.15) is 6.04 Å². The molecular formula is C12H24N2O3. The van der Waals surface area contributed by atoms with Crippen molar-refractivity contribution in [3.63, 3.8) is 0 Å². The van der Waals surface area contributed by atoms with E-state index in [0.29, 0.717) is 19.6 Å². The molecule has 0 heterocycles. The summed E-state index contributed by atoms with van der Waals surface area (Å²) in [6, 6.07) is -0.382. The summed E-state index contributed by atoms with van der Waals surface area (Å²) in [7, 11) is 0. The van der Waals surface area contributed by atoms with Crippen molar-refractivity contribution in [2.45, 2.75) is 46.1 Å². The highest BCUT2D eigenvalue weighted by Crippen LogP contribution is 1.99. The summed E-state index contributed by atoms with van der Waals surface area (Å²) in [6.07, 6.45) is 2.45. The molecule has 1 unspecified atom stereocenters. The maximum Gasteiger partial charge on any atom is 0.323 e. The third-order valence-electron chi connectivity index (χ3n) is 2.23. The highest BCUT2D eigenvalue weighted by Gasteiger charge is 2.18. The third kappa shape index (κ3) is 7.74. The number of esters is 1. The molecule has 1 amide bonds. The van der Waals surface area contributed by atoms with Gasteiger partial charge < -0.3 is 10.1 Å². The van der Waals surface area contributed by atoms with E-state index >= 15 is 0 Å². The van der Waals surface area contributed by atoms with E-state index in [1.807, 2.05) is 13.8 Å². The van der Waals surface area contributed by atoms with E-state index in [9.17, 15) is 9.59 Å². The molecule has 2 N–H and O–H groups in total. The van der Waals surface area contributed by atoms with Crippen LogP contribution >= 0.6 is 0 Å². The van der Waals surface area contributed by atoms with Crippen molar-refractivity contribution in [1.29, 1.82) is 0 Å². The van der Waals surface area contributed by atoms with Gasteiger partial charge >= 0.3 is 5.97 Å². The smallest absolute Gasteiger partial charge is 0.323 e. The van der Waals surface area contributed by atoms with Gasteiger partial charge in [-0.05, 0) is 19.8 Å². The quantitative estimate of drug-likeness (QED) is 0.590. The Bertz CT molecular complexity index is 232. The van der Waals surface area contributed by atoms with Gasteiger partial charge in [0, 0.05) is 6.54 Å². The first-order valence-electron chi connectivity index (χ1n) is 6.32. The lowest BCUT2D eigenvalue weighted by Gasteiger charge is -2.16. The van der Waals surface area contributed by atoms with E-state index in [4.69, 9.17) is 4.74 Å². The minimum atomic E-state index is -0.382. The predicted molar refractivity (Wildman–Crippen MR) is 66.6 cm³/mol. The Labute approximate surface area is 103 Å². The fraction of sp³-hybridized carbons (Fsp3) is 0.833. The fourth-order valence-corrected chi connectivity index (χ4v) is 1.38. The van der Waals surface area contributed by atoms with Crippen molar-refractivity contribution >= 4 is 11.9 Å². The van der Waals surface area contributed by atoms with Crippen LogP contribution < -0.4 is 10.6 Å². The lowest BCUT2D eigenvalue weighted by molar-refractivity contribution is -0.145. The summed E-state index contributed by atoms with van der Waals surface area (Å²) in [5.74, 6) is -0.366. The molecule has 0 saturated heterocycles. The summed E-state index contributed by atoms with van der Waals surface area (Å²) in [5, 5.41) is 5.67. The van der Waals surface area contributed by atoms with E-state index in [2.05, 4.69) is 10.6 Å². The Hall–Kier alpha value is -1.10. The third-order valence-corrected chi connectivity index (χ3v) is 2.23. The highest BCUT2D eigenvalue weighted by atomic mass is 16.5. The number of carbonyl (C=O) groups is 2. The normalized spacial score (nSPS) is 11.9. The summed E-state index contributed by atoms with van der Waals surface area (Å²) < 4.78 is 4.94. The van der Waals surface area contributed by atoms with Crippen molar-refractivity contribution in [3.8, 4) is 0 Å². The van der Waals surface area contributed by atoms with E-state index in [1.54, 1.807) is 6.92 Å². The van der Waals surface area contributed by atoms with Crippen LogP contribution in [0.2, 0.25) is 0 Å². The number of amides is 1. The van der Waals surface area contributed by atoms with Crippen LogP contribution in [0.25, 0.3) is 0 Å². The van der Waals surface area contributed by atoms with Crippen LogP contribution in [-0.2, 0) is 14.3 Å². The number of rotatable bonds is 9. The molecule has 100 valence electrons. The van der Waals surface area contributed by atoms with Gasteiger partial charge in [-0.1, -0.05) is 20.3 Å². The maximum atomic E-state index is 11.5. The number of hydrogen-bond acceptors (Lipinski definition) is 4. The lowest BCUT2D eigenvalue weighted by Crippen LogP contribution is -2.43. The molecule has 0 saturated carbocycles. The molecule has 0 spiro atoms. The molecule has 0 aromatic carbocycles. The second kappa shape index (κ2) is 10.1. The van der Waals surface area contributed by atoms with E-state index in [0.717, 1.165) is 12.8 Å². The van der Waals surface area contributed by atoms with Crippen LogP contribution in [0, 0.1) is 0 Å². The van der Waals surface area contributed by atoms with Crippen LogP contribution in [0.5, 0.6) is 0 Å². The number of hydrogen-bond donors (Lipinski definition) is 2. The summed E-state index contributed by atoms with van der Waals surface area (Å²) in [5.41, 5.74) is 0. The van der Waals surface area contributed by atoms with Crippen molar-refractivity contribution in [2.75, 3.05) is 19.7 Å². The Kier molecular flexibility index (Phi) is 9.43. The summed E-state index contributed by atoms with van der Waals surface area (Å²) in [4.78, 5) is 22.9. The second-order valence-electron chi connectivity index (χ2n) is 3.82. The Balaban J connectivity index is 3.99. The molecule has 0 radical (unpaired) electrons. The van der Waals surface area contributed by atoms with Gasteiger partial charge in [0.25, 0.3) is 0 Å². The standard InChI is InChI=1S/C12H24N2O3/c1-4-7-10(12(16)17-6-3)14-9-11(15)13-8-5-2/h10,14H,4-9H2,1-3H3,(H,13,15). The monoisotopic (exact) mass is 244 g/mol. The number of nitrogens with one attached hydrogen (secondary N) is 2. The first kappa shape index (κ1) is 15.9. The zero-order chi connectivity index (χ0) is 13.1. The maximum absolute atomic E-state index is 11.5. The van der Waals surface area contributed by atoms with Gasteiger partial charge in [-0.3, -0.25) is 14.9 Å². The van der Waals surface area contributed by atoms with Crippen molar-refractivity contribution in [3.05, 3.63) is 0 Å². The SMILES string of the molecule is CCCNC(=O)CNC(CCC)C(=O)OCC. The van der Waals surface area contributed by atoms with Crippen LogP contribution in [0.3, 0.4) is 0 Å². The van der Waals surface area contributed by atoms with Gasteiger partial charge in [-0.25, -0.2) is 0 Å². The molecular weight excluding hydrogens is 220 g/mol. The van der Waals surface area contributed by atoms with Crippen LogP contribution in [-0.4, -0.2) is 37.6 Å². The second-order valence-corrected chi connectivity index (χ2v) is 3.82. The minimum Gasteiger partial charge on any atom is -0.465 e. The number of ether oxygens (including phenoxy) is 1. The van der Waals surface area contributed by atoms with E-state index < -0.39 is 0 Å². The number of carbonyl (C=O) groups excluding carboxylic acids is 2. The molecule has 17 heavy (non-hydrogen) atoms. The van der Waals surface area contributed by atoms with Gasteiger partial charge in [-0.2, -0.15) is 0 Å². The Morgan fingerprint density at radius 1 is 1.18 bits per heavy atom. The van der Waals surface area contributed by atoms with Gasteiger partial charge in [-0.15, -0.1) is 0 Å². The molecule has 0 aromatic rings. The zero-order valence-corrected chi connectivity index (χ0v) is 11.0. The summed E-state index contributed by atoms with van der Waals surface area (Å²) in [6.45, 7) is 6.94. The molecule has 5 heteroatoms. The zero-order valence-electron chi connectivity index (χ0n) is 11.0. The van der Waals surface area contributed by atoms with Crippen molar-refractivity contribution < 1.29 is 14.3 Å². The molecule has 0 aliphatic heterocycles.